The van der Waals surface area contributed by atoms with E-state index in [0.717, 1.165) is 0 Å². The van der Waals surface area contributed by atoms with E-state index in [-0.39, 0.29) is 11.5 Å². The molecular weight excluding hydrogens is 230 g/mol. The molecule has 0 heterocycles. The van der Waals surface area contributed by atoms with Crippen LogP contribution >= 0.6 is 0 Å². The Morgan fingerprint density at radius 1 is 0.895 bits per heavy atom. The summed E-state index contributed by atoms with van der Waals surface area (Å²) in [6, 6.07) is 16.9. The summed E-state index contributed by atoms with van der Waals surface area (Å²) in [5.74, 6) is 0. The lowest BCUT2D eigenvalue weighted by atomic mass is 9.74. The third-order valence-electron chi connectivity index (χ3n) is 4.28. The Bertz CT molecular complexity index is 555. The minimum atomic E-state index is -0.0835. The highest BCUT2D eigenvalue weighted by atomic mass is 14.7. The van der Waals surface area contributed by atoms with Crippen molar-refractivity contribution < 1.29 is 0 Å². The summed E-state index contributed by atoms with van der Waals surface area (Å²) >= 11 is 0. The van der Waals surface area contributed by atoms with Gasteiger partial charge in [0.25, 0.3) is 0 Å². The van der Waals surface area contributed by atoms with Crippen LogP contribution in [0.5, 0.6) is 0 Å². The molecule has 0 saturated heterocycles. The Hall–Kier alpha value is -1.60. The zero-order chi connectivity index (χ0) is 14.0. The van der Waals surface area contributed by atoms with Crippen LogP contribution < -0.4 is 5.73 Å². The molecule has 19 heavy (non-hydrogen) atoms. The number of hydrogen-bond acceptors (Lipinski definition) is 1. The molecule has 0 bridgehead atoms. The molecule has 0 aliphatic rings. The van der Waals surface area contributed by atoms with Crippen molar-refractivity contribution in [2.45, 2.75) is 39.2 Å². The van der Waals surface area contributed by atoms with E-state index in [2.05, 4.69) is 70.2 Å². The maximum atomic E-state index is 6.57. The van der Waals surface area contributed by atoms with Crippen LogP contribution in [0.15, 0.2) is 48.5 Å². The third-order valence-corrected chi connectivity index (χ3v) is 4.28. The van der Waals surface area contributed by atoms with Crippen molar-refractivity contribution in [2.24, 2.45) is 5.73 Å². The maximum Gasteiger partial charge on any atom is 0.0390 e. The summed E-state index contributed by atoms with van der Waals surface area (Å²) in [7, 11) is 0. The van der Waals surface area contributed by atoms with E-state index < -0.39 is 0 Å². The zero-order valence-electron chi connectivity index (χ0n) is 12.3. The average molecular weight is 253 g/mol. The van der Waals surface area contributed by atoms with Gasteiger partial charge in [-0.2, -0.15) is 0 Å². The lowest BCUT2D eigenvalue weighted by Crippen LogP contribution is -2.33. The largest absolute Gasteiger partial charge is 0.323 e. The summed E-state index contributed by atoms with van der Waals surface area (Å²) in [6.45, 7) is 8.73. The molecule has 0 amide bonds. The molecule has 1 unspecified atom stereocenters. The molecule has 2 rings (SSSR count). The highest BCUT2D eigenvalue weighted by molar-refractivity contribution is 5.39. The predicted molar refractivity (Wildman–Crippen MR) is 82.3 cm³/mol. The maximum absolute atomic E-state index is 6.57. The highest BCUT2D eigenvalue weighted by Crippen LogP contribution is 2.36. The minimum Gasteiger partial charge on any atom is -0.323 e. The number of rotatable bonds is 3. The SMILES string of the molecule is Cc1cccc(C(N)C(C)(C)c2ccccc2)c1C. The molecule has 0 saturated carbocycles. The fourth-order valence-corrected chi connectivity index (χ4v) is 2.55. The minimum absolute atomic E-state index is 0.00481. The molecule has 0 radical (unpaired) electrons. The quantitative estimate of drug-likeness (QED) is 0.868. The van der Waals surface area contributed by atoms with Crippen molar-refractivity contribution in [1.29, 1.82) is 0 Å². The number of nitrogens with two attached hydrogens (primary N) is 1. The van der Waals surface area contributed by atoms with Crippen molar-refractivity contribution in [1.82, 2.24) is 0 Å². The second kappa shape index (κ2) is 5.18. The van der Waals surface area contributed by atoms with E-state index in [4.69, 9.17) is 5.73 Å². The van der Waals surface area contributed by atoms with Gasteiger partial charge in [-0.05, 0) is 36.1 Å². The van der Waals surface area contributed by atoms with Crippen LogP contribution in [0.1, 0.15) is 42.1 Å². The van der Waals surface area contributed by atoms with Gasteiger partial charge in [-0.15, -0.1) is 0 Å². The van der Waals surface area contributed by atoms with Crippen LogP contribution in [-0.2, 0) is 5.41 Å². The standard InChI is InChI=1S/C18H23N/c1-13-9-8-12-16(14(13)2)17(19)18(3,4)15-10-6-5-7-11-15/h5-12,17H,19H2,1-4H3. The van der Waals surface area contributed by atoms with Gasteiger partial charge >= 0.3 is 0 Å². The molecule has 1 heteroatoms. The van der Waals surface area contributed by atoms with Crippen molar-refractivity contribution in [2.75, 3.05) is 0 Å². The first kappa shape index (κ1) is 13.8. The van der Waals surface area contributed by atoms with Gasteiger partial charge in [0.15, 0.2) is 0 Å². The topological polar surface area (TPSA) is 26.0 Å². The van der Waals surface area contributed by atoms with E-state index in [9.17, 15) is 0 Å². The van der Waals surface area contributed by atoms with E-state index in [0.29, 0.717) is 0 Å². The number of benzene rings is 2. The predicted octanol–water partition coefficient (Wildman–Crippen LogP) is 4.28. The Labute approximate surface area is 116 Å². The summed E-state index contributed by atoms with van der Waals surface area (Å²) in [4.78, 5) is 0. The van der Waals surface area contributed by atoms with Crippen LogP contribution in [0.3, 0.4) is 0 Å². The van der Waals surface area contributed by atoms with Crippen molar-refractivity contribution in [3.63, 3.8) is 0 Å². The van der Waals surface area contributed by atoms with Gasteiger partial charge in [-0.1, -0.05) is 62.4 Å². The molecule has 0 aliphatic carbocycles. The van der Waals surface area contributed by atoms with Crippen LogP contribution in [0.25, 0.3) is 0 Å². The first-order valence-corrected chi connectivity index (χ1v) is 6.82. The van der Waals surface area contributed by atoms with E-state index in [1.165, 1.54) is 22.3 Å². The molecule has 1 atom stereocenters. The van der Waals surface area contributed by atoms with Crippen LogP contribution in [0.2, 0.25) is 0 Å². The van der Waals surface area contributed by atoms with Crippen LogP contribution in [-0.4, -0.2) is 0 Å². The average Bonchev–Trinajstić information content (AvgIpc) is 2.42. The van der Waals surface area contributed by atoms with E-state index >= 15 is 0 Å². The van der Waals surface area contributed by atoms with Gasteiger partial charge in [0.2, 0.25) is 0 Å². The fourth-order valence-electron chi connectivity index (χ4n) is 2.55. The molecule has 2 aromatic carbocycles. The summed E-state index contributed by atoms with van der Waals surface area (Å²) in [6.07, 6.45) is 0. The summed E-state index contributed by atoms with van der Waals surface area (Å²) in [5.41, 5.74) is 11.6. The Morgan fingerprint density at radius 3 is 2.16 bits per heavy atom. The zero-order valence-corrected chi connectivity index (χ0v) is 12.3. The Morgan fingerprint density at radius 2 is 1.53 bits per heavy atom. The molecule has 1 nitrogen and oxygen atoms in total. The Kier molecular flexibility index (Phi) is 3.77. The molecule has 0 fully saturated rings. The Balaban J connectivity index is 2.43. The van der Waals surface area contributed by atoms with Crippen LogP contribution in [0.4, 0.5) is 0 Å². The first-order chi connectivity index (χ1) is 8.94. The lowest BCUT2D eigenvalue weighted by molar-refractivity contribution is 0.419. The van der Waals surface area contributed by atoms with Gasteiger partial charge in [0.1, 0.15) is 0 Å². The summed E-state index contributed by atoms with van der Waals surface area (Å²) < 4.78 is 0. The lowest BCUT2D eigenvalue weighted by Gasteiger charge is -2.33. The molecule has 0 aliphatic heterocycles. The number of hydrogen-bond donors (Lipinski definition) is 1. The van der Waals surface area contributed by atoms with Gasteiger partial charge in [-0.25, -0.2) is 0 Å². The van der Waals surface area contributed by atoms with E-state index in [1.807, 2.05) is 6.07 Å². The van der Waals surface area contributed by atoms with Gasteiger partial charge in [-0.3, -0.25) is 0 Å². The second-order valence-corrected chi connectivity index (χ2v) is 5.85. The van der Waals surface area contributed by atoms with Crippen molar-refractivity contribution >= 4 is 0 Å². The normalized spacial score (nSPS) is 13.3. The molecule has 0 aromatic heterocycles. The second-order valence-electron chi connectivity index (χ2n) is 5.85. The molecule has 2 N–H and O–H groups in total. The van der Waals surface area contributed by atoms with Gasteiger partial charge < -0.3 is 5.73 Å². The highest BCUT2D eigenvalue weighted by Gasteiger charge is 2.30. The summed E-state index contributed by atoms with van der Waals surface area (Å²) in [5, 5.41) is 0. The molecule has 100 valence electrons. The smallest absolute Gasteiger partial charge is 0.0390 e. The molecule has 0 spiro atoms. The van der Waals surface area contributed by atoms with Crippen molar-refractivity contribution in [3.8, 4) is 0 Å². The fraction of sp³-hybridized carbons (Fsp3) is 0.333. The number of aryl methyl sites for hydroxylation is 1. The molecular formula is C18H23N. The van der Waals surface area contributed by atoms with E-state index in [1.54, 1.807) is 0 Å². The third kappa shape index (κ3) is 2.57. The van der Waals surface area contributed by atoms with Crippen LogP contribution in [0, 0.1) is 13.8 Å². The van der Waals surface area contributed by atoms with Gasteiger partial charge in [0, 0.05) is 11.5 Å². The monoisotopic (exact) mass is 253 g/mol. The molecule has 2 aromatic rings. The van der Waals surface area contributed by atoms with Gasteiger partial charge in [0.05, 0.1) is 0 Å². The first-order valence-electron chi connectivity index (χ1n) is 6.82. The van der Waals surface area contributed by atoms with Crippen molar-refractivity contribution in [3.05, 3.63) is 70.8 Å².